The zero-order valence-corrected chi connectivity index (χ0v) is 17.5. The van der Waals surface area contributed by atoms with E-state index in [2.05, 4.69) is 10.5 Å². The Morgan fingerprint density at radius 3 is 2.70 bits per heavy atom. The molecule has 0 aliphatic carbocycles. The van der Waals surface area contributed by atoms with Crippen LogP contribution in [0.4, 0.5) is 0 Å². The van der Waals surface area contributed by atoms with E-state index in [1.165, 1.54) is 11.8 Å². The van der Waals surface area contributed by atoms with E-state index in [0.717, 1.165) is 28.4 Å². The number of ether oxygens (including phenoxy) is 1. The van der Waals surface area contributed by atoms with E-state index in [1.54, 1.807) is 24.4 Å². The molecule has 0 spiro atoms. The Balaban J connectivity index is 1.42. The van der Waals surface area contributed by atoms with E-state index in [1.807, 2.05) is 36.0 Å². The largest absolute Gasteiger partial charge is 0.489 e. The van der Waals surface area contributed by atoms with Gasteiger partial charge in [0.15, 0.2) is 0 Å². The molecule has 8 heteroatoms. The van der Waals surface area contributed by atoms with Crippen LogP contribution in [0.5, 0.6) is 5.75 Å². The number of rotatable bonds is 8. The van der Waals surface area contributed by atoms with Crippen molar-refractivity contribution in [1.29, 1.82) is 0 Å². The molecule has 1 aliphatic heterocycles. The third-order valence-corrected chi connectivity index (χ3v) is 6.59. The third kappa shape index (κ3) is 6.35. The van der Waals surface area contributed by atoms with Crippen molar-refractivity contribution >= 4 is 58.8 Å². The minimum atomic E-state index is -0.182. The second kappa shape index (κ2) is 10.3. The Labute approximate surface area is 177 Å². The highest BCUT2D eigenvalue weighted by Crippen LogP contribution is 2.28. The molecule has 4 nitrogen and oxygen atoms in total. The molecule has 142 valence electrons. The quantitative estimate of drug-likeness (QED) is 0.469. The van der Waals surface area contributed by atoms with E-state index in [0.29, 0.717) is 21.9 Å². The molecule has 0 bridgehead atoms. The van der Waals surface area contributed by atoms with Gasteiger partial charge >= 0.3 is 0 Å². The van der Waals surface area contributed by atoms with Gasteiger partial charge in [0.1, 0.15) is 11.9 Å². The van der Waals surface area contributed by atoms with Gasteiger partial charge in [0.05, 0.1) is 12.0 Å². The maximum atomic E-state index is 11.9. The summed E-state index contributed by atoms with van der Waals surface area (Å²) in [4.78, 5) is 11.9. The second-order valence-electron chi connectivity index (χ2n) is 5.84. The van der Waals surface area contributed by atoms with Gasteiger partial charge in [-0.2, -0.15) is 16.9 Å². The Kier molecular flexibility index (Phi) is 7.76. The number of amides is 1. The predicted octanol–water partition coefficient (Wildman–Crippen LogP) is 4.87. The summed E-state index contributed by atoms with van der Waals surface area (Å²) < 4.78 is 5.84. The van der Waals surface area contributed by atoms with Gasteiger partial charge in [0, 0.05) is 27.3 Å². The van der Waals surface area contributed by atoms with Crippen LogP contribution in [0.25, 0.3) is 0 Å². The fraction of sp³-hybridized carbons (Fsp3) is 0.263. The first kappa shape index (κ1) is 20.4. The molecular weight excluding hydrogens is 423 g/mol. The van der Waals surface area contributed by atoms with Crippen molar-refractivity contribution < 1.29 is 9.53 Å². The molecule has 1 aliphatic rings. The maximum Gasteiger partial charge on any atom is 0.250 e. The average Bonchev–Trinajstić information content (AvgIpc) is 2.61. The minimum absolute atomic E-state index is 0.182. The Bertz CT molecular complexity index is 809. The molecule has 0 atom stereocenters. The van der Waals surface area contributed by atoms with Crippen LogP contribution in [-0.4, -0.2) is 35.5 Å². The summed E-state index contributed by atoms with van der Waals surface area (Å²) in [7, 11) is 0. The number of hydrogen-bond donors (Lipinski definition) is 1. The van der Waals surface area contributed by atoms with Crippen molar-refractivity contribution in [3.63, 3.8) is 0 Å². The van der Waals surface area contributed by atoms with Crippen LogP contribution >= 0.6 is 46.7 Å². The molecule has 0 unspecified atom stereocenters. The van der Waals surface area contributed by atoms with E-state index in [9.17, 15) is 4.79 Å². The van der Waals surface area contributed by atoms with Crippen molar-refractivity contribution in [1.82, 2.24) is 5.43 Å². The van der Waals surface area contributed by atoms with Crippen LogP contribution in [0.3, 0.4) is 0 Å². The van der Waals surface area contributed by atoms with E-state index in [4.69, 9.17) is 27.9 Å². The summed E-state index contributed by atoms with van der Waals surface area (Å²) in [6, 6.07) is 13.0. The number of nitrogens with one attached hydrogen (secondary N) is 1. The summed E-state index contributed by atoms with van der Waals surface area (Å²) in [5.41, 5.74) is 4.24. The molecule has 0 aromatic heterocycles. The standard InChI is InChI=1S/C19H18Cl2N2O2S2/c20-17-5-2-6-18(21)16(17)11-27-12-19(24)23-22-8-13-3-1-4-14(7-13)25-15-9-26-10-15/h1-8,15H,9-12H2,(H,23,24)/b22-8-. The number of nitrogens with zero attached hydrogens (tertiary/aromatic N) is 1. The van der Waals surface area contributed by atoms with Crippen LogP contribution in [0.2, 0.25) is 10.0 Å². The maximum absolute atomic E-state index is 11.9. The van der Waals surface area contributed by atoms with E-state index in [-0.39, 0.29) is 11.7 Å². The van der Waals surface area contributed by atoms with Crippen LogP contribution in [-0.2, 0) is 10.5 Å². The lowest BCUT2D eigenvalue weighted by Gasteiger charge is -2.25. The molecular formula is C19H18Cl2N2O2S2. The summed E-state index contributed by atoms with van der Waals surface area (Å²) in [6.07, 6.45) is 1.90. The molecule has 1 heterocycles. The minimum Gasteiger partial charge on any atom is -0.489 e. The van der Waals surface area contributed by atoms with Gasteiger partial charge in [-0.1, -0.05) is 41.4 Å². The van der Waals surface area contributed by atoms with Crippen molar-refractivity contribution in [2.75, 3.05) is 17.3 Å². The monoisotopic (exact) mass is 440 g/mol. The normalized spacial score (nSPS) is 14.1. The molecule has 1 N–H and O–H groups in total. The number of benzene rings is 2. The smallest absolute Gasteiger partial charge is 0.250 e. The van der Waals surface area contributed by atoms with Crippen LogP contribution in [0, 0.1) is 0 Å². The molecule has 2 aromatic carbocycles. The Morgan fingerprint density at radius 2 is 2.00 bits per heavy atom. The van der Waals surface area contributed by atoms with Crippen LogP contribution in [0.15, 0.2) is 47.6 Å². The molecule has 3 rings (SSSR count). The number of hydrogen-bond acceptors (Lipinski definition) is 5. The van der Waals surface area contributed by atoms with Crippen molar-refractivity contribution in [3.8, 4) is 5.75 Å². The lowest BCUT2D eigenvalue weighted by atomic mass is 10.2. The van der Waals surface area contributed by atoms with Gasteiger partial charge < -0.3 is 4.74 Å². The zero-order chi connectivity index (χ0) is 19.1. The number of thioether (sulfide) groups is 2. The first-order valence-corrected chi connectivity index (χ1v) is 11.4. The van der Waals surface area contributed by atoms with E-state index >= 15 is 0 Å². The summed E-state index contributed by atoms with van der Waals surface area (Å²) in [6.45, 7) is 0. The summed E-state index contributed by atoms with van der Waals surface area (Å²) >= 11 is 15.5. The molecule has 2 aromatic rings. The highest BCUT2D eigenvalue weighted by atomic mass is 35.5. The van der Waals surface area contributed by atoms with Gasteiger partial charge in [-0.05, 0) is 35.4 Å². The summed E-state index contributed by atoms with van der Waals surface area (Å²) in [5.74, 6) is 3.54. The fourth-order valence-corrected chi connectivity index (χ4v) is 4.39. The molecule has 1 fully saturated rings. The van der Waals surface area contributed by atoms with Crippen molar-refractivity contribution in [2.45, 2.75) is 11.9 Å². The highest BCUT2D eigenvalue weighted by molar-refractivity contribution is 8.00. The van der Waals surface area contributed by atoms with Gasteiger partial charge in [0.2, 0.25) is 5.91 Å². The fourth-order valence-electron chi connectivity index (χ4n) is 2.27. The Hall–Kier alpha value is -1.34. The zero-order valence-electron chi connectivity index (χ0n) is 14.4. The van der Waals surface area contributed by atoms with Gasteiger partial charge in [0.25, 0.3) is 0 Å². The van der Waals surface area contributed by atoms with Crippen LogP contribution in [0.1, 0.15) is 11.1 Å². The first-order valence-electron chi connectivity index (χ1n) is 8.29. The first-order chi connectivity index (χ1) is 13.1. The molecule has 1 amide bonds. The highest BCUT2D eigenvalue weighted by Gasteiger charge is 2.19. The lowest BCUT2D eigenvalue weighted by molar-refractivity contribution is -0.118. The second-order valence-corrected chi connectivity index (χ2v) is 8.71. The van der Waals surface area contributed by atoms with Crippen molar-refractivity contribution in [3.05, 3.63) is 63.6 Å². The number of halogens is 2. The topological polar surface area (TPSA) is 50.7 Å². The average molecular weight is 441 g/mol. The SMILES string of the molecule is O=C(CSCc1c(Cl)cccc1Cl)N/N=C\c1cccc(OC2CSC2)c1. The van der Waals surface area contributed by atoms with Gasteiger partial charge in [-0.3, -0.25) is 4.79 Å². The third-order valence-electron chi connectivity index (χ3n) is 3.71. The molecule has 1 saturated heterocycles. The van der Waals surface area contributed by atoms with Crippen molar-refractivity contribution in [2.24, 2.45) is 5.10 Å². The summed E-state index contributed by atoms with van der Waals surface area (Å²) in [5, 5.41) is 5.22. The molecule has 0 radical (unpaired) electrons. The number of hydrazone groups is 1. The number of carbonyl (C=O) groups is 1. The van der Waals surface area contributed by atoms with E-state index < -0.39 is 0 Å². The van der Waals surface area contributed by atoms with Crippen LogP contribution < -0.4 is 10.2 Å². The van der Waals surface area contributed by atoms with Gasteiger partial charge in [-0.25, -0.2) is 5.43 Å². The molecule has 27 heavy (non-hydrogen) atoms. The number of carbonyl (C=O) groups excluding carboxylic acids is 1. The Morgan fingerprint density at radius 1 is 1.26 bits per heavy atom. The predicted molar refractivity (Wildman–Crippen MR) is 117 cm³/mol. The van der Waals surface area contributed by atoms with Gasteiger partial charge in [-0.15, -0.1) is 11.8 Å². The lowest BCUT2D eigenvalue weighted by Crippen LogP contribution is -2.31. The molecule has 0 saturated carbocycles.